The molecule has 1 unspecified atom stereocenters. The van der Waals surface area contributed by atoms with Crippen molar-refractivity contribution in [2.24, 2.45) is 0 Å². The van der Waals surface area contributed by atoms with Crippen LogP contribution in [0.3, 0.4) is 0 Å². The first-order chi connectivity index (χ1) is 12.3. The first kappa shape index (κ1) is 18.3. The molecule has 0 saturated carbocycles. The van der Waals surface area contributed by atoms with E-state index < -0.39 is 14.9 Å². The lowest BCUT2D eigenvalue weighted by Gasteiger charge is -2.40. The molecule has 0 radical (unpaired) electrons. The van der Waals surface area contributed by atoms with Crippen molar-refractivity contribution < 1.29 is 13.3 Å². The second-order valence-corrected chi connectivity index (χ2v) is 8.37. The minimum absolute atomic E-state index is 0.0380. The van der Waals surface area contributed by atoms with E-state index in [2.05, 4.69) is 4.90 Å². The molecule has 2 aromatic rings. The third kappa shape index (κ3) is 3.42. The van der Waals surface area contributed by atoms with Gasteiger partial charge in [-0.25, -0.2) is 8.42 Å². The Morgan fingerprint density at radius 2 is 1.73 bits per heavy atom. The van der Waals surface area contributed by atoms with Crippen LogP contribution >= 0.6 is 0 Å². The Balaban J connectivity index is 1.84. The highest BCUT2D eigenvalue weighted by molar-refractivity contribution is 7.89. The molecular weight excluding hydrogens is 354 g/mol. The number of hydrogen-bond acceptors (Lipinski definition) is 5. The summed E-state index contributed by atoms with van der Waals surface area (Å²) in [6.45, 7) is 5.07. The Hall–Kier alpha value is -2.45. The van der Waals surface area contributed by atoms with Crippen molar-refractivity contribution in [2.45, 2.75) is 24.8 Å². The van der Waals surface area contributed by atoms with Crippen molar-refractivity contribution >= 4 is 21.4 Å². The number of piperazine rings is 1. The van der Waals surface area contributed by atoms with Crippen LogP contribution in [-0.4, -0.2) is 43.3 Å². The molecule has 0 spiro atoms. The third-order valence-corrected chi connectivity index (χ3v) is 6.55. The summed E-state index contributed by atoms with van der Waals surface area (Å²) in [5.74, 6) is 0. The molecule has 1 fully saturated rings. The zero-order chi connectivity index (χ0) is 18.9. The molecule has 0 amide bonds. The molecule has 0 aliphatic carbocycles. The summed E-state index contributed by atoms with van der Waals surface area (Å²) < 4.78 is 27.2. The summed E-state index contributed by atoms with van der Waals surface area (Å²) in [6.07, 6.45) is 0. The van der Waals surface area contributed by atoms with E-state index in [1.807, 2.05) is 38.1 Å². The van der Waals surface area contributed by atoms with E-state index in [0.717, 1.165) is 5.69 Å². The number of rotatable bonds is 4. The molecule has 1 aliphatic heterocycles. The second kappa shape index (κ2) is 7.05. The topological polar surface area (TPSA) is 83.8 Å². The average Bonchev–Trinajstić information content (AvgIpc) is 2.62. The van der Waals surface area contributed by atoms with Crippen LogP contribution in [0, 0.1) is 17.0 Å². The molecular formula is C18H21N3O4S. The van der Waals surface area contributed by atoms with Crippen molar-refractivity contribution in [1.29, 1.82) is 0 Å². The third-order valence-electron chi connectivity index (χ3n) is 4.64. The first-order valence-electron chi connectivity index (χ1n) is 8.37. The van der Waals surface area contributed by atoms with E-state index in [-0.39, 0.29) is 29.7 Å². The molecule has 8 heteroatoms. The maximum Gasteiger partial charge on any atom is 0.289 e. The summed E-state index contributed by atoms with van der Waals surface area (Å²) >= 11 is 0. The first-order valence-corrected chi connectivity index (χ1v) is 9.81. The van der Waals surface area contributed by atoms with Gasteiger partial charge in [-0.2, -0.15) is 4.31 Å². The number of benzene rings is 2. The molecule has 3 rings (SSSR count). The quantitative estimate of drug-likeness (QED) is 0.606. The molecule has 1 heterocycles. The van der Waals surface area contributed by atoms with Crippen molar-refractivity contribution in [3.05, 3.63) is 64.2 Å². The van der Waals surface area contributed by atoms with Gasteiger partial charge in [-0.1, -0.05) is 29.8 Å². The van der Waals surface area contributed by atoms with Gasteiger partial charge in [0.05, 0.1) is 4.92 Å². The van der Waals surface area contributed by atoms with Gasteiger partial charge in [0, 0.05) is 37.4 Å². The Morgan fingerprint density at radius 3 is 2.35 bits per heavy atom. The van der Waals surface area contributed by atoms with Crippen LogP contribution in [-0.2, 0) is 10.0 Å². The molecule has 1 saturated heterocycles. The smallest absolute Gasteiger partial charge is 0.289 e. The highest BCUT2D eigenvalue weighted by atomic mass is 32.2. The van der Waals surface area contributed by atoms with Gasteiger partial charge in [0.2, 0.25) is 10.0 Å². The summed E-state index contributed by atoms with van der Waals surface area (Å²) in [5, 5.41) is 11.2. The molecule has 1 aliphatic rings. The molecule has 7 nitrogen and oxygen atoms in total. The van der Waals surface area contributed by atoms with Gasteiger partial charge < -0.3 is 4.90 Å². The Kier molecular flexibility index (Phi) is 4.97. The standard InChI is InChI=1S/C18H21N3O4S/c1-14-7-9-16(10-8-14)20-12-11-19(13-15(20)2)26(24,25)18-6-4-3-5-17(18)21(22)23/h3-10,15H,11-13H2,1-2H3. The summed E-state index contributed by atoms with van der Waals surface area (Å²) in [7, 11) is -3.92. The predicted octanol–water partition coefficient (Wildman–Crippen LogP) is 2.80. The van der Waals surface area contributed by atoms with Crippen LogP contribution in [0.25, 0.3) is 0 Å². The van der Waals surface area contributed by atoms with Crippen molar-refractivity contribution in [1.82, 2.24) is 4.31 Å². The number of nitro groups is 1. The van der Waals surface area contributed by atoms with Crippen LogP contribution < -0.4 is 4.90 Å². The maximum absolute atomic E-state index is 12.9. The highest BCUT2D eigenvalue weighted by Crippen LogP contribution is 2.29. The van der Waals surface area contributed by atoms with Crippen molar-refractivity contribution in [3.8, 4) is 0 Å². The lowest BCUT2D eigenvalue weighted by Crippen LogP contribution is -2.53. The van der Waals surface area contributed by atoms with Gasteiger partial charge >= 0.3 is 0 Å². The lowest BCUT2D eigenvalue weighted by molar-refractivity contribution is -0.387. The number of nitro benzene ring substituents is 1. The zero-order valence-electron chi connectivity index (χ0n) is 14.7. The van der Waals surface area contributed by atoms with Gasteiger partial charge in [0.25, 0.3) is 5.69 Å². The number of aryl methyl sites for hydroxylation is 1. The van der Waals surface area contributed by atoms with Crippen LogP contribution in [0.15, 0.2) is 53.4 Å². The predicted molar refractivity (Wildman–Crippen MR) is 99.8 cm³/mol. The van der Waals surface area contributed by atoms with Crippen LogP contribution in [0.4, 0.5) is 11.4 Å². The number of para-hydroxylation sites is 1. The molecule has 0 bridgehead atoms. The molecule has 2 aromatic carbocycles. The molecule has 26 heavy (non-hydrogen) atoms. The lowest BCUT2D eigenvalue weighted by atomic mass is 10.1. The van der Waals surface area contributed by atoms with Crippen LogP contribution in [0.2, 0.25) is 0 Å². The Morgan fingerprint density at radius 1 is 1.08 bits per heavy atom. The van der Waals surface area contributed by atoms with E-state index in [4.69, 9.17) is 0 Å². The van der Waals surface area contributed by atoms with Crippen molar-refractivity contribution in [3.63, 3.8) is 0 Å². The highest BCUT2D eigenvalue weighted by Gasteiger charge is 2.35. The second-order valence-electron chi connectivity index (χ2n) is 6.47. The normalized spacial score (nSPS) is 18.7. The summed E-state index contributed by atoms with van der Waals surface area (Å²) in [6, 6.07) is 13.6. The SMILES string of the molecule is Cc1ccc(N2CCN(S(=O)(=O)c3ccccc3[N+](=O)[O-])CC2C)cc1. The van der Waals surface area contributed by atoms with Gasteiger partial charge in [-0.15, -0.1) is 0 Å². The number of anilines is 1. The van der Waals surface area contributed by atoms with E-state index >= 15 is 0 Å². The van der Waals surface area contributed by atoms with Gasteiger partial charge in [0.1, 0.15) is 0 Å². The van der Waals surface area contributed by atoms with Crippen LogP contribution in [0.5, 0.6) is 0 Å². The number of nitrogens with zero attached hydrogens (tertiary/aromatic N) is 3. The molecule has 138 valence electrons. The molecule has 0 aromatic heterocycles. The van der Waals surface area contributed by atoms with E-state index in [9.17, 15) is 18.5 Å². The van der Waals surface area contributed by atoms with Gasteiger partial charge in [-0.05, 0) is 32.0 Å². The fourth-order valence-electron chi connectivity index (χ4n) is 3.23. The average molecular weight is 375 g/mol. The van der Waals surface area contributed by atoms with E-state index in [1.165, 1.54) is 34.1 Å². The van der Waals surface area contributed by atoms with Gasteiger partial charge in [0.15, 0.2) is 4.90 Å². The Labute approximate surface area is 153 Å². The van der Waals surface area contributed by atoms with E-state index in [0.29, 0.717) is 6.54 Å². The van der Waals surface area contributed by atoms with Crippen molar-refractivity contribution in [2.75, 3.05) is 24.5 Å². The Bertz CT molecular complexity index is 912. The fraction of sp³-hybridized carbons (Fsp3) is 0.333. The summed E-state index contributed by atoms with van der Waals surface area (Å²) in [5.41, 5.74) is 1.82. The fourth-order valence-corrected chi connectivity index (χ4v) is 4.90. The molecule has 0 N–H and O–H groups in total. The zero-order valence-corrected chi connectivity index (χ0v) is 15.5. The number of sulfonamides is 1. The largest absolute Gasteiger partial charge is 0.366 e. The summed E-state index contributed by atoms with van der Waals surface area (Å²) in [4.78, 5) is 12.4. The number of hydrogen-bond donors (Lipinski definition) is 0. The monoisotopic (exact) mass is 375 g/mol. The van der Waals surface area contributed by atoms with Gasteiger partial charge in [-0.3, -0.25) is 10.1 Å². The molecule has 1 atom stereocenters. The minimum atomic E-state index is -3.92. The minimum Gasteiger partial charge on any atom is -0.366 e. The van der Waals surface area contributed by atoms with Crippen LogP contribution in [0.1, 0.15) is 12.5 Å². The maximum atomic E-state index is 12.9. The van der Waals surface area contributed by atoms with E-state index in [1.54, 1.807) is 0 Å².